The van der Waals surface area contributed by atoms with Crippen molar-refractivity contribution >= 4 is 29.4 Å². The number of furan rings is 1. The van der Waals surface area contributed by atoms with E-state index in [-0.39, 0.29) is 9.99 Å². The molecule has 1 aromatic rings. The number of nitrogens with one attached hydrogen (secondary N) is 1. The van der Waals surface area contributed by atoms with Gasteiger partial charge in [0.1, 0.15) is 5.76 Å². The quantitative estimate of drug-likeness (QED) is 0.847. The molecular formula is C16H23NO2S2. The molecule has 116 valence electrons. The van der Waals surface area contributed by atoms with E-state index in [0.29, 0.717) is 5.76 Å². The summed E-state index contributed by atoms with van der Waals surface area (Å²) in [6.07, 6.45) is 5.44. The van der Waals surface area contributed by atoms with Gasteiger partial charge >= 0.3 is 0 Å². The van der Waals surface area contributed by atoms with Crippen molar-refractivity contribution in [2.45, 2.75) is 50.0 Å². The van der Waals surface area contributed by atoms with Gasteiger partial charge in [0.25, 0.3) is 5.91 Å². The molecule has 0 radical (unpaired) electrons. The van der Waals surface area contributed by atoms with Gasteiger partial charge in [-0.3, -0.25) is 4.79 Å². The number of carbonyl (C=O) groups excluding carboxylic acids is 1. The second kappa shape index (κ2) is 6.29. The van der Waals surface area contributed by atoms with E-state index in [9.17, 15) is 4.79 Å². The largest absolute Gasteiger partial charge is 0.455 e. The average Bonchev–Trinajstić information content (AvgIpc) is 3.06. The number of unbranched alkanes of at least 4 members (excludes halogenated alkanes) is 1. The Morgan fingerprint density at radius 1 is 1.38 bits per heavy atom. The first-order valence-corrected chi connectivity index (χ1v) is 9.84. The third-order valence-corrected chi connectivity index (χ3v) is 7.82. The van der Waals surface area contributed by atoms with Crippen molar-refractivity contribution in [1.82, 2.24) is 5.32 Å². The van der Waals surface area contributed by atoms with Gasteiger partial charge in [0.05, 0.1) is 4.08 Å². The average molecular weight is 325 g/mol. The predicted molar refractivity (Wildman–Crippen MR) is 90.2 cm³/mol. The third kappa shape index (κ3) is 2.74. The number of carbonyl (C=O) groups is 1. The Morgan fingerprint density at radius 3 is 2.86 bits per heavy atom. The van der Waals surface area contributed by atoms with Gasteiger partial charge in [0.2, 0.25) is 0 Å². The van der Waals surface area contributed by atoms with E-state index >= 15 is 0 Å². The van der Waals surface area contributed by atoms with Crippen LogP contribution >= 0.6 is 23.5 Å². The highest BCUT2D eigenvalue weighted by Crippen LogP contribution is 2.59. The lowest BCUT2D eigenvalue weighted by Crippen LogP contribution is -2.25. The topological polar surface area (TPSA) is 42.2 Å². The van der Waals surface area contributed by atoms with E-state index in [1.165, 1.54) is 23.5 Å². The number of aryl methyl sites for hydroxylation is 1. The molecule has 0 aromatic carbocycles. The molecule has 3 nitrogen and oxygen atoms in total. The summed E-state index contributed by atoms with van der Waals surface area (Å²) in [6, 6.07) is 0. The van der Waals surface area contributed by atoms with Crippen LogP contribution in [0.25, 0.3) is 0 Å². The van der Waals surface area contributed by atoms with E-state index < -0.39 is 0 Å². The van der Waals surface area contributed by atoms with Crippen LogP contribution in [0.5, 0.6) is 0 Å². The summed E-state index contributed by atoms with van der Waals surface area (Å²) in [4.78, 5) is 12.3. The van der Waals surface area contributed by atoms with Crippen LogP contribution in [0, 0.1) is 6.92 Å². The van der Waals surface area contributed by atoms with Gasteiger partial charge in [-0.25, -0.2) is 0 Å². The fraction of sp³-hybridized carbons (Fsp3) is 0.688. The van der Waals surface area contributed by atoms with Crippen LogP contribution in [0.4, 0.5) is 0 Å². The molecule has 5 heteroatoms. The lowest BCUT2D eigenvalue weighted by Gasteiger charge is -2.31. The SMILES string of the molecule is CCCCNC(=O)c1oc2c(c1C)C1(CCC2)SCCS1. The minimum Gasteiger partial charge on any atom is -0.455 e. The van der Waals surface area contributed by atoms with Crippen molar-refractivity contribution in [3.63, 3.8) is 0 Å². The summed E-state index contributed by atoms with van der Waals surface area (Å²) in [5.41, 5.74) is 2.39. The van der Waals surface area contributed by atoms with Crippen molar-refractivity contribution in [2.75, 3.05) is 18.1 Å². The van der Waals surface area contributed by atoms with Crippen molar-refractivity contribution < 1.29 is 9.21 Å². The molecule has 0 saturated carbocycles. The maximum atomic E-state index is 12.3. The molecule has 1 N–H and O–H groups in total. The summed E-state index contributed by atoms with van der Waals surface area (Å²) >= 11 is 4.08. The molecule has 1 aromatic heterocycles. The molecule has 21 heavy (non-hydrogen) atoms. The molecule has 1 aliphatic heterocycles. The molecule has 3 rings (SSSR count). The van der Waals surface area contributed by atoms with Crippen LogP contribution in [0.15, 0.2) is 4.42 Å². The van der Waals surface area contributed by atoms with Crippen LogP contribution < -0.4 is 5.32 Å². The molecule has 2 heterocycles. The minimum absolute atomic E-state index is 0.0431. The van der Waals surface area contributed by atoms with E-state index in [0.717, 1.165) is 43.6 Å². The number of thioether (sulfide) groups is 2. The Bertz CT molecular complexity index is 533. The number of hydrogen-bond acceptors (Lipinski definition) is 4. The number of hydrogen-bond donors (Lipinski definition) is 1. The summed E-state index contributed by atoms with van der Waals surface area (Å²) in [5.74, 6) is 3.96. The predicted octanol–water partition coefficient (Wildman–Crippen LogP) is 4.09. The molecule has 2 aliphatic rings. The second-order valence-corrected chi connectivity index (χ2v) is 8.81. The molecule has 1 amide bonds. The van der Waals surface area contributed by atoms with Gasteiger partial charge < -0.3 is 9.73 Å². The number of fused-ring (bicyclic) bond motifs is 2. The number of rotatable bonds is 4. The van der Waals surface area contributed by atoms with Gasteiger partial charge in [0, 0.05) is 35.6 Å². The van der Waals surface area contributed by atoms with Gasteiger partial charge in [0.15, 0.2) is 5.76 Å². The van der Waals surface area contributed by atoms with E-state index in [1.807, 2.05) is 23.5 Å². The summed E-state index contributed by atoms with van der Waals surface area (Å²) in [6.45, 7) is 4.92. The molecule has 1 spiro atoms. The smallest absolute Gasteiger partial charge is 0.287 e. The minimum atomic E-state index is -0.0431. The fourth-order valence-corrected chi connectivity index (χ4v) is 6.83. The summed E-state index contributed by atoms with van der Waals surface area (Å²) in [5, 5.41) is 2.98. The van der Waals surface area contributed by atoms with E-state index in [1.54, 1.807) is 0 Å². The zero-order valence-corrected chi connectivity index (χ0v) is 14.4. The lowest BCUT2D eigenvalue weighted by molar-refractivity contribution is 0.0922. The van der Waals surface area contributed by atoms with Crippen LogP contribution in [0.1, 0.15) is 60.0 Å². The highest BCUT2D eigenvalue weighted by Gasteiger charge is 2.45. The van der Waals surface area contributed by atoms with Gasteiger partial charge in [-0.2, -0.15) is 0 Å². The summed E-state index contributed by atoms with van der Waals surface area (Å²) < 4.78 is 6.13. The van der Waals surface area contributed by atoms with Gasteiger partial charge in [-0.1, -0.05) is 13.3 Å². The first kappa shape index (κ1) is 15.3. The molecule has 1 fully saturated rings. The molecule has 0 bridgehead atoms. The number of amides is 1. The van der Waals surface area contributed by atoms with Crippen molar-refractivity contribution in [1.29, 1.82) is 0 Å². The molecule has 1 aliphatic carbocycles. The maximum Gasteiger partial charge on any atom is 0.287 e. The fourth-order valence-electron chi connectivity index (χ4n) is 3.27. The van der Waals surface area contributed by atoms with Crippen LogP contribution in [0.3, 0.4) is 0 Å². The molecule has 0 unspecified atom stereocenters. The zero-order chi connectivity index (χ0) is 14.9. The Labute approximate surface area is 135 Å². The maximum absolute atomic E-state index is 12.3. The summed E-state index contributed by atoms with van der Waals surface area (Å²) in [7, 11) is 0. The highest BCUT2D eigenvalue weighted by molar-refractivity contribution is 8.20. The Kier molecular flexibility index (Phi) is 4.60. The van der Waals surface area contributed by atoms with E-state index in [4.69, 9.17) is 4.42 Å². The van der Waals surface area contributed by atoms with Gasteiger partial charge in [-0.05, 0) is 26.2 Å². The Balaban J connectivity index is 1.88. The lowest BCUT2D eigenvalue weighted by atomic mass is 9.94. The first-order valence-electron chi connectivity index (χ1n) is 7.87. The molecule has 0 atom stereocenters. The van der Waals surface area contributed by atoms with E-state index in [2.05, 4.69) is 19.2 Å². The normalized spacial score (nSPS) is 19.7. The monoisotopic (exact) mass is 325 g/mol. The molecular weight excluding hydrogens is 302 g/mol. The Morgan fingerprint density at radius 2 is 2.14 bits per heavy atom. The van der Waals surface area contributed by atoms with Crippen LogP contribution in [-0.2, 0) is 10.5 Å². The zero-order valence-electron chi connectivity index (χ0n) is 12.8. The van der Waals surface area contributed by atoms with Crippen LogP contribution in [0.2, 0.25) is 0 Å². The van der Waals surface area contributed by atoms with Crippen molar-refractivity contribution in [3.8, 4) is 0 Å². The standard InChI is InChI=1S/C16H23NO2S2/c1-3-4-8-17-15(18)14-11(2)13-12(19-14)6-5-7-16(13)20-9-10-21-16/h3-10H2,1-2H3,(H,17,18). The highest BCUT2D eigenvalue weighted by atomic mass is 32.2. The second-order valence-electron chi connectivity index (χ2n) is 5.77. The van der Waals surface area contributed by atoms with Gasteiger partial charge in [-0.15, -0.1) is 23.5 Å². The Hall–Kier alpha value is -0.550. The van der Waals surface area contributed by atoms with Crippen LogP contribution in [-0.4, -0.2) is 24.0 Å². The molecule has 1 saturated heterocycles. The van der Waals surface area contributed by atoms with Crippen molar-refractivity contribution in [3.05, 3.63) is 22.6 Å². The third-order valence-electron chi connectivity index (χ3n) is 4.29. The first-order chi connectivity index (χ1) is 10.2. The van der Waals surface area contributed by atoms with Crippen molar-refractivity contribution in [2.24, 2.45) is 0 Å².